The zero-order chi connectivity index (χ0) is 8.55. The standard InChI is InChI=1S/C10H17NO/c1-8-3-2-4-9-5-6-10(7-12)11(8)9/h7-10H,2-6H2,1H3/t8-,9-,10-/m0/s1. The van der Waals surface area contributed by atoms with Gasteiger partial charge in [-0.05, 0) is 32.6 Å². The number of rotatable bonds is 1. The topological polar surface area (TPSA) is 20.3 Å². The first-order valence-corrected chi connectivity index (χ1v) is 5.05. The van der Waals surface area contributed by atoms with Crippen molar-refractivity contribution in [3.8, 4) is 0 Å². The van der Waals surface area contributed by atoms with E-state index < -0.39 is 0 Å². The highest BCUT2D eigenvalue weighted by Gasteiger charge is 2.37. The first kappa shape index (κ1) is 8.24. The maximum atomic E-state index is 10.8. The molecule has 0 spiro atoms. The van der Waals surface area contributed by atoms with Gasteiger partial charge in [0, 0.05) is 12.1 Å². The normalized spacial score (nSPS) is 42.6. The van der Waals surface area contributed by atoms with E-state index >= 15 is 0 Å². The van der Waals surface area contributed by atoms with Crippen LogP contribution in [0.25, 0.3) is 0 Å². The molecule has 2 saturated heterocycles. The summed E-state index contributed by atoms with van der Waals surface area (Å²) in [7, 11) is 0. The van der Waals surface area contributed by atoms with E-state index in [-0.39, 0.29) is 6.04 Å². The van der Waals surface area contributed by atoms with Gasteiger partial charge < -0.3 is 4.79 Å². The number of carbonyl (C=O) groups excluding carboxylic acids is 1. The molecule has 0 aromatic rings. The average Bonchev–Trinajstić information content (AvgIpc) is 2.49. The number of piperidine rings is 1. The van der Waals surface area contributed by atoms with Crippen molar-refractivity contribution in [3.05, 3.63) is 0 Å². The van der Waals surface area contributed by atoms with Crippen molar-refractivity contribution in [1.82, 2.24) is 4.90 Å². The van der Waals surface area contributed by atoms with Crippen molar-refractivity contribution in [2.24, 2.45) is 0 Å². The molecule has 0 aromatic carbocycles. The molecule has 0 N–H and O–H groups in total. The molecular weight excluding hydrogens is 150 g/mol. The van der Waals surface area contributed by atoms with Crippen LogP contribution in [-0.2, 0) is 4.79 Å². The van der Waals surface area contributed by atoms with E-state index in [0.717, 1.165) is 18.7 Å². The molecule has 2 heteroatoms. The van der Waals surface area contributed by atoms with Crippen LogP contribution in [0.3, 0.4) is 0 Å². The van der Waals surface area contributed by atoms with Crippen LogP contribution in [0.1, 0.15) is 39.0 Å². The predicted octanol–water partition coefficient (Wildman–Crippen LogP) is 1.59. The van der Waals surface area contributed by atoms with Gasteiger partial charge in [0.25, 0.3) is 0 Å². The van der Waals surface area contributed by atoms with Crippen LogP contribution in [0.4, 0.5) is 0 Å². The van der Waals surface area contributed by atoms with Crippen molar-refractivity contribution in [1.29, 1.82) is 0 Å². The van der Waals surface area contributed by atoms with Gasteiger partial charge in [-0.2, -0.15) is 0 Å². The van der Waals surface area contributed by atoms with Gasteiger partial charge in [0.2, 0.25) is 0 Å². The number of hydrogen-bond donors (Lipinski definition) is 0. The quantitative estimate of drug-likeness (QED) is 0.553. The van der Waals surface area contributed by atoms with E-state index in [1.807, 2.05) is 0 Å². The summed E-state index contributed by atoms with van der Waals surface area (Å²) in [6, 6.07) is 1.61. The number of nitrogens with zero attached hydrogens (tertiary/aromatic N) is 1. The molecule has 0 aromatic heterocycles. The average molecular weight is 167 g/mol. The lowest BCUT2D eigenvalue weighted by molar-refractivity contribution is -0.113. The van der Waals surface area contributed by atoms with Gasteiger partial charge in [-0.25, -0.2) is 0 Å². The summed E-state index contributed by atoms with van der Waals surface area (Å²) in [4.78, 5) is 13.2. The molecule has 68 valence electrons. The van der Waals surface area contributed by atoms with Gasteiger partial charge in [-0.3, -0.25) is 4.90 Å². The molecule has 2 rings (SSSR count). The van der Waals surface area contributed by atoms with E-state index in [1.165, 1.54) is 25.7 Å². The number of fused-ring (bicyclic) bond motifs is 1. The molecular formula is C10H17NO. The molecule has 3 atom stereocenters. The van der Waals surface area contributed by atoms with Crippen molar-refractivity contribution in [2.75, 3.05) is 0 Å². The SMILES string of the molecule is C[C@H]1CCC[C@H]2CC[C@@H](C=O)N21. The molecule has 0 bridgehead atoms. The van der Waals surface area contributed by atoms with Crippen molar-refractivity contribution >= 4 is 6.29 Å². The third-order valence-electron chi connectivity index (χ3n) is 3.43. The molecule has 0 radical (unpaired) electrons. The minimum Gasteiger partial charge on any atom is -0.302 e. The maximum absolute atomic E-state index is 10.8. The summed E-state index contributed by atoms with van der Waals surface area (Å²) < 4.78 is 0. The molecule has 0 aliphatic carbocycles. The molecule has 0 amide bonds. The fourth-order valence-electron chi connectivity index (χ4n) is 2.85. The van der Waals surface area contributed by atoms with Crippen LogP contribution in [0.15, 0.2) is 0 Å². The van der Waals surface area contributed by atoms with Gasteiger partial charge in [0.15, 0.2) is 0 Å². The molecule has 2 aliphatic heterocycles. The van der Waals surface area contributed by atoms with E-state index in [1.54, 1.807) is 0 Å². The Balaban J connectivity index is 2.11. The lowest BCUT2D eigenvalue weighted by Gasteiger charge is -2.37. The largest absolute Gasteiger partial charge is 0.302 e. The van der Waals surface area contributed by atoms with E-state index in [9.17, 15) is 4.79 Å². The van der Waals surface area contributed by atoms with Crippen molar-refractivity contribution in [3.63, 3.8) is 0 Å². The van der Waals surface area contributed by atoms with Gasteiger partial charge in [0.05, 0.1) is 6.04 Å². The number of aldehydes is 1. The zero-order valence-corrected chi connectivity index (χ0v) is 7.70. The number of hydrogen-bond acceptors (Lipinski definition) is 2. The Labute approximate surface area is 73.9 Å². The highest BCUT2D eigenvalue weighted by atomic mass is 16.1. The summed E-state index contributed by atoms with van der Waals surface area (Å²) in [5.74, 6) is 0. The Bertz CT molecular complexity index is 181. The smallest absolute Gasteiger partial charge is 0.137 e. The first-order chi connectivity index (χ1) is 5.83. The monoisotopic (exact) mass is 167 g/mol. The Morgan fingerprint density at radius 3 is 2.83 bits per heavy atom. The van der Waals surface area contributed by atoms with Crippen molar-refractivity contribution < 1.29 is 4.79 Å². The molecule has 0 saturated carbocycles. The Morgan fingerprint density at radius 2 is 2.08 bits per heavy atom. The van der Waals surface area contributed by atoms with Gasteiger partial charge in [-0.15, -0.1) is 0 Å². The lowest BCUT2D eigenvalue weighted by atomic mass is 9.97. The Hall–Kier alpha value is -0.370. The minimum absolute atomic E-state index is 0.241. The second kappa shape index (κ2) is 3.17. The van der Waals surface area contributed by atoms with Crippen molar-refractivity contribution in [2.45, 2.75) is 57.2 Å². The second-order valence-corrected chi connectivity index (χ2v) is 4.16. The lowest BCUT2D eigenvalue weighted by Crippen LogP contribution is -2.46. The number of carbonyl (C=O) groups is 1. The zero-order valence-electron chi connectivity index (χ0n) is 7.70. The fraction of sp³-hybridized carbons (Fsp3) is 0.900. The van der Waals surface area contributed by atoms with Gasteiger partial charge in [0.1, 0.15) is 6.29 Å². The maximum Gasteiger partial charge on any atom is 0.137 e. The van der Waals surface area contributed by atoms with Crippen LogP contribution in [0.5, 0.6) is 0 Å². The first-order valence-electron chi connectivity index (χ1n) is 5.05. The fourth-order valence-corrected chi connectivity index (χ4v) is 2.85. The summed E-state index contributed by atoms with van der Waals surface area (Å²) in [5, 5.41) is 0. The second-order valence-electron chi connectivity index (χ2n) is 4.16. The van der Waals surface area contributed by atoms with E-state index in [4.69, 9.17) is 0 Å². The molecule has 2 aliphatic rings. The van der Waals surface area contributed by atoms with E-state index in [2.05, 4.69) is 11.8 Å². The predicted molar refractivity (Wildman–Crippen MR) is 48.0 cm³/mol. The Kier molecular flexibility index (Phi) is 2.18. The molecule has 2 fully saturated rings. The third-order valence-corrected chi connectivity index (χ3v) is 3.43. The Morgan fingerprint density at radius 1 is 1.25 bits per heavy atom. The summed E-state index contributed by atoms with van der Waals surface area (Å²) in [6.45, 7) is 2.26. The van der Waals surface area contributed by atoms with Crippen LogP contribution in [0.2, 0.25) is 0 Å². The third kappa shape index (κ3) is 1.18. The van der Waals surface area contributed by atoms with Crippen LogP contribution < -0.4 is 0 Å². The minimum atomic E-state index is 0.241. The molecule has 0 unspecified atom stereocenters. The summed E-state index contributed by atoms with van der Waals surface area (Å²) >= 11 is 0. The van der Waals surface area contributed by atoms with Gasteiger partial charge in [-0.1, -0.05) is 6.42 Å². The van der Waals surface area contributed by atoms with Crippen LogP contribution >= 0.6 is 0 Å². The molecule has 2 nitrogen and oxygen atoms in total. The van der Waals surface area contributed by atoms with Crippen LogP contribution in [0, 0.1) is 0 Å². The molecule has 2 heterocycles. The highest BCUT2D eigenvalue weighted by molar-refractivity contribution is 5.58. The van der Waals surface area contributed by atoms with Gasteiger partial charge >= 0.3 is 0 Å². The summed E-state index contributed by atoms with van der Waals surface area (Å²) in [5.41, 5.74) is 0. The van der Waals surface area contributed by atoms with E-state index in [0.29, 0.717) is 6.04 Å². The molecule has 12 heavy (non-hydrogen) atoms. The summed E-state index contributed by atoms with van der Waals surface area (Å²) in [6.07, 6.45) is 7.43. The highest BCUT2D eigenvalue weighted by Crippen LogP contribution is 2.33. The van der Waals surface area contributed by atoms with Crippen LogP contribution in [-0.4, -0.2) is 29.3 Å².